The van der Waals surface area contributed by atoms with Crippen molar-refractivity contribution in [3.63, 3.8) is 0 Å². The third-order valence-electron chi connectivity index (χ3n) is 3.08. The number of hydrogen-bond donors (Lipinski definition) is 0. The summed E-state index contributed by atoms with van der Waals surface area (Å²) in [7, 11) is -4.00. The molecule has 0 aliphatic carbocycles. The van der Waals surface area contributed by atoms with Gasteiger partial charge in [-0.2, -0.15) is 17.5 Å². The monoisotopic (exact) mass is 343 g/mol. The fourth-order valence-corrected chi connectivity index (χ4v) is 3.79. The molecule has 1 unspecified atom stereocenters. The summed E-state index contributed by atoms with van der Waals surface area (Å²) in [6.07, 6.45) is -5.01. The fraction of sp³-hybridized carbons (Fsp3) is 0.500. The van der Waals surface area contributed by atoms with E-state index in [1.54, 1.807) is 6.92 Å². The minimum atomic E-state index is -4.71. The van der Waals surface area contributed by atoms with Crippen molar-refractivity contribution in [1.82, 2.24) is 4.31 Å². The lowest BCUT2D eigenvalue weighted by Crippen LogP contribution is -2.44. The molecule has 1 heterocycles. The van der Waals surface area contributed by atoms with Crippen molar-refractivity contribution >= 4 is 21.6 Å². The molecule has 1 saturated heterocycles. The van der Waals surface area contributed by atoms with Gasteiger partial charge in [0.15, 0.2) is 0 Å². The molecule has 9 heteroatoms. The molecule has 1 atom stereocenters. The third kappa shape index (κ3) is 3.50. The lowest BCUT2D eigenvalue weighted by Gasteiger charge is -2.30. The van der Waals surface area contributed by atoms with Gasteiger partial charge in [0, 0.05) is 13.1 Å². The fourth-order valence-electron chi connectivity index (χ4n) is 2.04. The summed E-state index contributed by atoms with van der Waals surface area (Å²) >= 11 is 5.49. The van der Waals surface area contributed by atoms with Crippen LogP contribution in [0.2, 0.25) is 5.02 Å². The van der Waals surface area contributed by atoms with Crippen LogP contribution in [0.3, 0.4) is 0 Å². The van der Waals surface area contributed by atoms with Crippen molar-refractivity contribution in [3.05, 3.63) is 28.8 Å². The predicted octanol–water partition coefficient (Wildman–Crippen LogP) is 2.77. The standard InChI is InChI=1S/C12H13ClF3NO3S/c1-8-7-17(4-5-20-8)21(18,19)9-2-3-11(13)10(6-9)12(14,15)16/h2-3,6,8H,4-5,7H2,1H3. The highest BCUT2D eigenvalue weighted by atomic mass is 35.5. The van der Waals surface area contributed by atoms with Crippen LogP contribution in [0.5, 0.6) is 0 Å². The van der Waals surface area contributed by atoms with Crippen molar-refractivity contribution in [1.29, 1.82) is 0 Å². The van der Waals surface area contributed by atoms with Crippen LogP contribution >= 0.6 is 11.6 Å². The van der Waals surface area contributed by atoms with Crippen LogP contribution in [-0.4, -0.2) is 38.5 Å². The van der Waals surface area contributed by atoms with E-state index in [0.29, 0.717) is 6.07 Å². The Labute approximate surface area is 125 Å². The first-order chi connectivity index (χ1) is 9.62. The summed E-state index contributed by atoms with van der Waals surface area (Å²) in [4.78, 5) is -0.423. The third-order valence-corrected chi connectivity index (χ3v) is 5.28. The number of sulfonamides is 1. The first-order valence-electron chi connectivity index (χ1n) is 6.11. The van der Waals surface area contributed by atoms with Crippen LogP contribution < -0.4 is 0 Å². The van der Waals surface area contributed by atoms with E-state index in [9.17, 15) is 21.6 Å². The van der Waals surface area contributed by atoms with Gasteiger partial charge in [0.25, 0.3) is 0 Å². The molecule has 2 rings (SSSR count). The van der Waals surface area contributed by atoms with E-state index >= 15 is 0 Å². The minimum Gasteiger partial charge on any atom is -0.376 e. The average molecular weight is 344 g/mol. The Bertz CT molecular complexity index is 633. The van der Waals surface area contributed by atoms with E-state index in [4.69, 9.17) is 16.3 Å². The maximum absolute atomic E-state index is 12.8. The van der Waals surface area contributed by atoms with Crippen molar-refractivity contribution in [2.75, 3.05) is 19.7 Å². The molecule has 1 aromatic rings. The number of alkyl halides is 3. The van der Waals surface area contributed by atoms with E-state index in [2.05, 4.69) is 0 Å². The second-order valence-electron chi connectivity index (χ2n) is 4.68. The van der Waals surface area contributed by atoms with Gasteiger partial charge >= 0.3 is 6.18 Å². The lowest BCUT2D eigenvalue weighted by molar-refractivity contribution is -0.137. The van der Waals surface area contributed by atoms with Gasteiger partial charge in [-0.3, -0.25) is 0 Å². The predicted molar refractivity (Wildman–Crippen MR) is 70.6 cm³/mol. The Kier molecular flexibility index (Phi) is 4.53. The highest BCUT2D eigenvalue weighted by Gasteiger charge is 2.36. The molecule has 118 valence electrons. The van der Waals surface area contributed by atoms with E-state index in [1.807, 2.05) is 0 Å². The molecular weight excluding hydrogens is 331 g/mol. The Morgan fingerprint density at radius 2 is 2.05 bits per heavy atom. The van der Waals surface area contributed by atoms with Gasteiger partial charge in [0.2, 0.25) is 10.0 Å². The van der Waals surface area contributed by atoms with Crippen molar-refractivity contribution < 1.29 is 26.3 Å². The smallest absolute Gasteiger partial charge is 0.376 e. The zero-order valence-corrected chi connectivity index (χ0v) is 12.6. The van der Waals surface area contributed by atoms with Crippen molar-refractivity contribution in [2.45, 2.75) is 24.1 Å². The SMILES string of the molecule is CC1CN(S(=O)(=O)c2ccc(Cl)c(C(F)(F)F)c2)CCO1. The quantitative estimate of drug-likeness (QED) is 0.829. The first kappa shape index (κ1) is 16.5. The van der Waals surface area contributed by atoms with Crippen LogP contribution in [0, 0.1) is 0 Å². The lowest BCUT2D eigenvalue weighted by atomic mass is 10.2. The molecule has 0 radical (unpaired) electrons. The van der Waals surface area contributed by atoms with Crippen LogP contribution in [0.25, 0.3) is 0 Å². The Hall–Kier alpha value is -0.830. The van der Waals surface area contributed by atoms with Gasteiger partial charge in [0.1, 0.15) is 0 Å². The zero-order chi connectivity index (χ0) is 15.8. The molecule has 0 bridgehead atoms. The Morgan fingerprint density at radius 3 is 2.62 bits per heavy atom. The maximum atomic E-state index is 12.8. The van der Waals surface area contributed by atoms with Gasteiger partial charge < -0.3 is 4.74 Å². The topological polar surface area (TPSA) is 46.6 Å². The molecule has 4 nitrogen and oxygen atoms in total. The maximum Gasteiger partial charge on any atom is 0.417 e. The van der Waals surface area contributed by atoms with Crippen molar-refractivity contribution in [2.24, 2.45) is 0 Å². The van der Waals surface area contributed by atoms with Gasteiger partial charge in [-0.25, -0.2) is 8.42 Å². The van der Waals surface area contributed by atoms with E-state index < -0.39 is 31.7 Å². The molecule has 21 heavy (non-hydrogen) atoms. The molecule has 1 aromatic carbocycles. The largest absolute Gasteiger partial charge is 0.417 e. The molecule has 1 aliphatic rings. The van der Waals surface area contributed by atoms with Gasteiger partial charge in [0.05, 0.1) is 28.2 Å². The normalized spacial score (nSPS) is 21.5. The van der Waals surface area contributed by atoms with E-state index in [1.165, 1.54) is 0 Å². The molecule has 0 spiro atoms. The van der Waals surface area contributed by atoms with E-state index in [0.717, 1.165) is 16.4 Å². The van der Waals surface area contributed by atoms with Crippen LogP contribution in [0.1, 0.15) is 12.5 Å². The molecule has 0 N–H and O–H groups in total. The summed E-state index contributed by atoms with van der Waals surface area (Å²) in [6.45, 7) is 2.12. The number of halogens is 4. The summed E-state index contributed by atoms with van der Waals surface area (Å²) < 4.78 is 69.5. The average Bonchev–Trinajstić information content (AvgIpc) is 2.37. The van der Waals surface area contributed by atoms with Crippen LogP contribution in [-0.2, 0) is 20.9 Å². The minimum absolute atomic E-state index is 0.103. The molecule has 0 saturated carbocycles. The van der Waals surface area contributed by atoms with Crippen LogP contribution in [0.4, 0.5) is 13.2 Å². The number of hydrogen-bond acceptors (Lipinski definition) is 3. The van der Waals surface area contributed by atoms with Gasteiger partial charge in [-0.15, -0.1) is 0 Å². The summed E-state index contributed by atoms with van der Waals surface area (Å²) in [6, 6.07) is 2.59. The Morgan fingerprint density at radius 1 is 1.38 bits per heavy atom. The summed E-state index contributed by atoms with van der Waals surface area (Å²) in [5, 5.41) is -0.531. The number of morpholine rings is 1. The Balaban J connectivity index is 2.41. The molecule has 1 aliphatic heterocycles. The van der Waals surface area contributed by atoms with Crippen molar-refractivity contribution in [3.8, 4) is 0 Å². The second kappa shape index (κ2) is 5.75. The summed E-state index contributed by atoms with van der Waals surface area (Å²) in [5.41, 5.74) is -1.16. The van der Waals surface area contributed by atoms with E-state index in [-0.39, 0.29) is 25.8 Å². The number of benzene rings is 1. The molecule has 1 fully saturated rings. The van der Waals surface area contributed by atoms with Gasteiger partial charge in [-0.05, 0) is 25.1 Å². The molecular formula is C12H13ClF3NO3S. The number of rotatable bonds is 2. The summed E-state index contributed by atoms with van der Waals surface area (Å²) in [5.74, 6) is 0. The number of nitrogens with zero attached hydrogens (tertiary/aromatic N) is 1. The highest BCUT2D eigenvalue weighted by molar-refractivity contribution is 7.89. The first-order valence-corrected chi connectivity index (χ1v) is 7.92. The van der Waals surface area contributed by atoms with Crippen LogP contribution in [0.15, 0.2) is 23.1 Å². The zero-order valence-electron chi connectivity index (χ0n) is 11.0. The van der Waals surface area contributed by atoms with Gasteiger partial charge in [-0.1, -0.05) is 11.6 Å². The highest BCUT2D eigenvalue weighted by Crippen LogP contribution is 2.36. The molecule has 0 aromatic heterocycles. The number of ether oxygens (including phenoxy) is 1. The molecule has 0 amide bonds. The second-order valence-corrected chi connectivity index (χ2v) is 7.03.